The average Bonchev–Trinajstić information content (AvgIpc) is 2.65. The van der Waals surface area contributed by atoms with Crippen molar-refractivity contribution in [3.8, 4) is 0 Å². The first-order chi connectivity index (χ1) is 12.7. The van der Waals surface area contributed by atoms with Crippen molar-refractivity contribution in [2.45, 2.75) is 123 Å². The Morgan fingerprint density at radius 3 is 1.19 bits per heavy atom. The van der Waals surface area contributed by atoms with Crippen molar-refractivity contribution in [2.75, 3.05) is 13.2 Å². The van der Waals surface area contributed by atoms with Crippen molar-refractivity contribution in [2.24, 2.45) is 0 Å². The fourth-order valence-electron chi connectivity index (χ4n) is 3.18. The van der Waals surface area contributed by atoms with Crippen molar-refractivity contribution in [3.63, 3.8) is 0 Å². The van der Waals surface area contributed by atoms with E-state index in [9.17, 15) is 0 Å². The largest absolute Gasteiger partial charge is 0.391 e. The molecule has 0 radical (unpaired) electrons. The summed E-state index contributed by atoms with van der Waals surface area (Å²) >= 11 is 0. The fraction of sp³-hybridized carbons (Fsp3) is 0.913. The summed E-state index contributed by atoms with van der Waals surface area (Å²) < 4.78 is 12.2. The molecular formula is C23H48O2Si. The van der Waals surface area contributed by atoms with Crippen molar-refractivity contribution in [3.05, 3.63) is 12.3 Å². The maximum Gasteiger partial charge on any atom is 0.361 e. The zero-order valence-corrected chi connectivity index (χ0v) is 19.3. The number of rotatable bonds is 21. The molecule has 0 aromatic carbocycles. The van der Waals surface area contributed by atoms with Gasteiger partial charge in [0.25, 0.3) is 0 Å². The van der Waals surface area contributed by atoms with Gasteiger partial charge in [-0.1, -0.05) is 104 Å². The lowest BCUT2D eigenvalue weighted by Crippen LogP contribution is -2.37. The Morgan fingerprint density at radius 1 is 0.577 bits per heavy atom. The van der Waals surface area contributed by atoms with Crippen molar-refractivity contribution in [1.82, 2.24) is 0 Å². The van der Waals surface area contributed by atoms with Gasteiger partial charge < -0.3 is 8.85 Å². The zero-order chi connectivity index (χ0) is 19.3. The van der Waals surface area contributed by atoms with Crippen LogP contribution in [0.25, 0.3) is 0 Å². The van der Waals surface area contributed by atoms with E-state index in [4.69, 9.17) is 8.85 Å². The maximum atomic E-state index is 6.10. The molecule has 0 bridgehead atoms. The Bertz CT molecular complexity index is 296. The molecule has 0 spiro atoms. The van der Waals surface area contributed by atoms with Crippen LogP contribution in [0.3, 0.4) is 0 Å². The second-order valence-corrected chi connectivity index (χ2v) is 10.9. The Labute approximate surface area is 166 Å². The predicted molar refractivity (Wildman–Crippen MR) is 119 cm³/mol. The lowest BCUT2D eigenvalue weighted by molar-refractivity contribution is 0.177. The Hall–Kier alpha value is -0.123. The van der Waals surface area contributed by atoms with Gasteiger partial charge >= 0.3 is 8.56 Å². The molecule has 0 heterocycles. The molecule has 0 fully saturated rings. The molecule has 2 nitrogen and oxygen atoms in total. The standard InChI is InChI=1S/C23H48O2Si/c1-5-8-10-12-14-15-17-19-21-23-25-26(4,7-3)24-22-20-18-16-13-11-9-6-2/h7H,3,5-6,8-23H2,1-2,4H3. The lowest BCUT2D eigenvalue weighted by atomic mass is 10.1. The molecule has 0 aromatic heterocycles. The summed E-state index contributed by atoms with van der Waals surface area (Å²) in [7, 11) is -2.13. The summed E-state index contributed by atoms with van der Waals surface area (Å²) in [4.78, 5) is 0. The van der Waals surface area contributed by atoms with E-state index >= 15 is 0 Å². The molecule has 1 atom stereocenters. The van der Waals surface area contributed by atoms with Crippen LogP contribution in [0, 0.1) is 0 Å². The molecule has 0 aliphatic carbocycles. The van der Waals surface area contributed by atoms with Crippen LogP contribution in [0.2, 0.25) is 6.55 Å². The van der Waals surface area contributed by atoms with E-state index in [0.717, 1.165) is 26.1 Å². The lowest BCUT2D eigenvalue weighted by Gasteiger charge is -2.23. The third kappa shape index (κ3) is 17.3. The molecule has 156 valence electrons. The zero-order valence-electron chi connectivity index (χ0n) is 18.3. The minimum Gasteiger partial charge on any atom is -0.391 e. The number of hydrogen-bond donors (Lipinski definition) is 0. The molecule has 0 aromatic rings. The highest BCUT2D eigenvalue weighted by molar-refractivity contribution is 6.71. The number of hydrogen-bond acceptors (Lipinski definition) is 2. The number of unbranched alkanes of at least 4 members (excludes halogenated alkanes) is 14. The monoisotopic (exact) mass is 384 g/mol. The first-order valence-electron chi connectivity index (χ1n) is 11.6. The van der Waals surface area contributed by atoms with Gasteiger partial charge in [0.05, 0.1) is 0 Å². The summed E-state index contributed by atoms with van der Waals surface area (Å²) in [5.74, 6) is 0. The summed E-state index contributed by atoms with van der Waals surface area (Å²) in [6.45, 7) is 12.3. The molecule has 0 N–H and O–H groups in total. The maximum absolute atomic E-state index is 6.10. The molecule has 1 unspecified atom stereocenters. The van der Waals surface area contributed by atoms with Gasteiger partial charge in [0.2, 0.25) is 0 Å². The van der Waals surface area contributed by atoms with Crippen molar-refractivity contribution in [1.29, 1.82) is 0 Å². The Morgan fingerprint density at radius 2 is 0.885 bits per heavy atom. The molecule has 0 aliphatic heterocycles. The van der Waals surface area contributed by atoms with E-state index in [0.29, 0.717) is 0 Å². The minimum absolute atomic E-state index is 0.834. The average molecular weight is 385 g/mol. The van der Waals surface area contributed by atoms with Crippen LogP contribution in [0.15, 0.2) is 12.3 Å². The van der Waals surface area contributed by atoms with Crippen LogP contribution in [0.1, 0.15) is 117 Å². The molecule has 0 aliphatic rings. The molecular weight excluding hydrogens is 336 g/mol. The molecule has 26 heavy (non-hydrogen) atoms. The topological polar surface area (TPSA) is 18.5 Å². The first-order valence-corrected chi connectivity index (χ1v) is 14.0. The molecule has 0 amide bonds. The highest BCUT2D eigenvalue weighted by atomic mass is 28.4. The van der Waals surface area contributed by atoms with Gasteiger partial charge in [-0.15, -0.1) is 6.58 Å². The summed E-state index contributed by atoms with van der Waals surface area (Å²) in [5, 5.41) is 0. The Balaban J connectivity index is 3.50. The highest BCUT2D eigenvalue weighted by Crippen LogP contribution is 2.14. The molecule has 0 saturated heterocycles. The van der Waals surface area contributed by atoms with Crippen LogP contribution in [-0.2, 0) is 8.85 Å². The Kier molecular flexibility index (Phi) is 19.5. The van der Waals surface area contributed by atoms with E-state index in [1.807, 2.05) is 5.70 Å². The first kappa shape index (κ1) is 25.9. The molecule has 0 rings (SSSR count). The van der Waals surface area contributed by atoms with Crippen LogP contribution in [0.5, 0.6) is 0 Å². The van der Waals surface area contributed by atoms with Crippen LogP contribution < -0.4 is 0 Å². The summed E-state index contributed by atoms with van der Waals surface area (Å²) in [6.07, 6.45) is 21.4. The van der Waals surface area contributed by atoms with Gasteiger partial charge in [0, 0.05) is 13.2 Å². The van der Waals surface area contributed by atoms with E-state index < -0.39 is 8.56 Å². The van der Waals surface area contributed by atoms with Gasteiger partial charge in [0.15, 0.2) is 0 Å². The van der Waals surface area contributed by atoms with E-state index in [2.05, 4.69) is 27.0 Å². The SMILES string of the molecule is C=C[Si](C)(OCCCCCCCCC)OCCCCCCCCCCC. The second-order valence-electron chi connectivity index (χ2n) is 7.87. The van der Waals surface area contributed by atoms with Gasteiger partial charge in [-0.25, -0.2) is 0 Å². The minimum atomic E-state index is -2.13. The highest BCUT2D eigenvalue weighted by Gasteiger charge is 2.26. The van der Waals surface area contributed by atoms with E-state index in [1.54, 1.807) is 0 Å². The van der Waals surface area contributed by atoms with Gasteiger partial charge in [-0.2, -0.15) is 0 Å². The van der Waals surface area contributed by atoms with Gasteiger partial charge in [-0.3, -0.25) is 0 Å². The van der Waals surface area contributed by atoms with Crippen LogP contribution >= 0.6 is 0 Å². The second kappa shape index (κ2) is 19.6. The van der Waals surface area contributed by atoms with Crippen LogP contribution in [0.4, 0.5) is 0 Å². The third-order valence-electron chi connectivity index (χ3n) is 5.14. The van der Waals surface area contributed by atoms with Crippen LogP contribution in [-0.4, -0.2) is 21.8 Å². The normalized spacial score (nSPS) is 13.7. The smallest absolute Gasteiger partial charge is 0.361 e. The van der Waals surface area contributed by atoms with Crippen molar-refractivity contribution < 1.29 is 8.85 Å². The fourth-order valence-corrected chi connectivity index (χ4v) is 4.60. The van der Waals surface area contributed by atoms with E-state index in [1.165, 1.54) is 89.9 Å². The quantitative estimate of drug-likeness (QED) is 0.147. The van der Waals surface area contributed by atoms with Crippen molar-refractivity contribution >= 4 is 8.56 Å². The predicted octanol–water partition coefficient (Wildman–Crippen LogP) is 8.10. The van der Waals surface area contributed by atoms with E-state index in [-0.39, 0.29) is 0 Å². The van der Waals surface area contributed by atoms with Gasteiger partial charge in [-0.05, 0) is 25.1 Å². The molecule has 3 heteroatoms. The third-order valence-corrected chi connectivity index (χ3v) is 7.44. The van der Waals surface area contributed by atoms with Gasteiger partial charge in [0.1, 0.15) is 0 Å². The summed E-state index contributed by atoms with van der Waals surface area (Å²) in [6, 6.07) is 0. The molecule has 0 saturated carbocycles. The summed E-state index contributed by atoms with van der Waals surface area (Å²) in [5.41, 5.74) is 1.95.